The topological polar surface area (TPSA) is 46.6 Å². The number of benzene rings is 5. The minimum atomic E-state index is -5.74. The highest BCUT2D eigenvalue weighted by Crippen LogP contribution is 2.38. The van der Waals surface area contributed by atoms with Gasteiger partial charge in [0.05, 0.1) is 0 Å². The number of alkyl halides is 3. The van der Waals surface area contributed by atoms with E-state index in [1.165, 1.54) is 12.1 Å². The maximum absolute atomic E-state index is 12.7. The van der Waals surface area contributed by atoms with Crippen molar-refractivity contribution in [3.05, 3.63) is 109 Å². The monoisotopic (exact) mass is 493 g/mol. The summed E-state index contributed by atoms with van der Waals surface area (Å²) in [4.78, 5) is 2.13. The van der Waals surface area contributed by atoms with E-state index < -0.39 is 21.4 Å². The molecule has 0 fully saturated rings. The number of rotatable bonds is 5. The summed E-state index contributed by atoms with van der Waals surface area (Å²) in [6, 6.07) is 33.5. The van der Waals surface area contributed by atoms with Crippen molar-refractivity contribution in [3.63, 3.8) is 0 Å². The fourth-order valence-corrected chi connectivity index (χ4v) is 4.45. The quantitative estimate of drug-likeness (QED) is 0.143. The Bertz CT molecular complexity index is 1580. The van der Waals surface area contributed by atoms with E-state index in [1.54, 1.807) is 12.1 Å². The molecule has 5 aromatic carbocycles. The lowest BCUT2D eigenvalue weighted by Crippen LogP contribution is -2.28. The molecular weight excluding hydrogens is 475 g/mol. The number of fused-ring (bicyclic) bond motifs is 3. The van der Waals surface area contributed by atoms with E-state index in [-0.39, 0.29) is 0 Å². The van der Waals surface area contributed by atoms with Crippen molar-refractivity contribution in [1.29, 1.82) is 0 Å². The Morgan fingerprint density at radius 2 is 1.11 bits per heavy atom. The number of nitrogens with zero attached hydrogens (tertiary/aromatic N) is 1. The molecule has 8 heteroatoms. The van der Waals surface area contributed by atoms with E-state index in [4.69, 9.17) is 0 Å². The van der Waals surface area contributed by atoms with Crippen molar-refractivity contribution >= 4 is 48.7 Å². The molecule has 176 valence electrons. The molecule has 0 saturated heterocycles. The van der Waals surface area contributed by atoms with Crippen LogP contribution in [0.15, 0.2) is 109 Å². The van der Waals surface area contributed by atoms with Crippen molar-refractivity contribution in [3.8, 4) is 5.75 Å². The van der Waals surface area contributed by atoms with Crippen LogP contribution in [0.4, 0.5) is 30.2 Å². The highest BCUT2D eigenvalue weighted by atomic mass is 32.2. The summed E-state index contributed by atoms with van der Waals surface area (Å²) < 4.78 is 65.0. The molecule has 0 atom stereocenters. The Morgan fingerprint density at radius 3 is 1.66 bits per heavy atom. The van der Waals surface area contributed by atoms with Gasteiger partial charge in [0.25, 0.3) is 0 Å². The van der Waals surface area contributed by atoms with Gasteiger partial charge in [0.1, 0.15) is 5.75 Å². The number of anilines is 3. The van der Waals surface area contributed by atoms with Crippen molar-refractivity contribution < 1.29 is 25.8 Å². The molecule has 0 spiro atoms. The predicted octanol–water partition coefficient (Wildman–Crippen LogP) is 7.69. The summed E-state index contributed by atoms with van der Waals surface area (Å²) in [5, 5.41) is 3.11. The molecule has 35 heavy (non-hydrogen) atoms. The van der Waals surface area contributed by atoms with Crippen LogP contribution in [0, 0.1) is 0 Å². The van der Waals surface area contributed by atoms with Crippen molar-refractivity contribution in [2.75, 3.05) is 4.90 Å². The minimum absolute atomic E-state index is 0.398. The Morgan fingerprint density at radius 1 is 0.600 bits per heavy atom. The van der Waals surface area contributed by atoms with E-state index in [0.717, 1.165) is 33.2 Å². The molecule has 0 N–H and O–H groups in total. The molecule has 0 saturated carbocycles. The van der Waals surface area contributed by atoms with Crippen molar-refractivity contribution in [2.45, 2.75) is 5.51 Å². The Balaban J connectivity index is 1.58. The third kappa shape index (κ3) is 4.40. The fraction of sp³-hybridized carbons (Fsp3) is 0.0370. The van der Waals surface area contributed by atoms with Crippen LogP contribution in [-0.2, 0) is 10.1 Å². The molecule has 0 heterocycles. The zero-order chi connectivity index (χ0) is 24.6. The van der Waals surface area contributed by atoms with E-state index in [0.29, 0.717) is 5.39 Å². The first kappa shape index (κ1) is 22.7. The number of halogens is 3. The second kappa shape index (κ2) is 8.63. The molecule has 5 aromatic rings. The molecule has 5 rings (SSSR count). The lowest BCUT2D eigenvalue weighted by Gasteiger charge is -2.25. The van der Waals surface area contributed by atoms with Gasteiger partial charge in [-0.05, 0) is 70.1 Å². The third-order valence-corrected chi connectivity index (χ3v) is 6.55. The summed E-state index contributed by atoms with van der Waals surface area (Å²) in [6.45, 7) is 0. The first-order chi connectivity index (χ1) is 16.7. The second-order valence-electron chi connectivity index (χ2n) is 7.84. The molecule has 0 radical (unpaired) electrons. The van der Waals surface area contributed by atoms with Crippen LogP contribution >= 0.6 is 0 Å². The first-order valence-electron chi connectivity index (χ1n) is 10.6. The van der Waals surface area contributed by atoms with E-state index in [9.17, 15) is 21.6 Å². The SMILES string of the molecule is O=S(=O)(Oc1ccc2c(ccc3cc(N(c4ccccc4)c4ccccc4)ccc32)c1)C(F)(F)F. The highest BCUT2D eigenvalue weighted by molar-refractivity contribution is 7.88. The molecule has 0 amide bonds. The van der Waals surface area contributed by atoms with Crippen molar-refractivity contribution in [2.24, 2.45) is 0 Å². The molecule has 0 aliphatic carbocycles. The van der Waals surface area contributed by atoms with Gasteiger partial charge in [0.2, 0.25) is 0 Å². The van der Waals surface area contributed by atoms with Gasteiger partial charge in [-0.1, -0.05) is 60.7 Å². The summed E-state index contributed by atoms with van der Waals surface area (Å²) in [6.07, 6.45) is 0. The van der Waals surface area contributed by atoms with Gasteiger partial charge >= 0.3 is 15.6 Å². The molecule has 0 bridgehead atoms. The van der Waals surface area contributed by atoms with Crippen LogP contribution in [0.5, 0.6) is 5.75 Å². The summed E-state index contributed by atoms with van der Waals surface area (Å²) in [7, 11) is -5.74. The highest BCUT2D eigenvalue weighted by Gasteiger charge is 2.48. The average molecular weight is 494 g/mol. The van der Waals surface area contributed by atoms with Crippen LogP contribution < -0.4 is 9.08 Å². The number of hydrogen-bond donors (Lipinski definition) is 0. The van der Waals surface area contributed by atoms with Gasteiger partial charge in [0, 0.05) is 17.1 Å². The van der Waals surface area contributed by atoms with E-state index >= 15 is 0 Å². The summed E-state index contributed by atoms with van der Waals surface area (Å²) in [5.41, 5.74) is -2.58. The molecular formula is C27H18F3NO3S. The van der Waals surface area contributed by atoms with Gasteiger partial charge < -0.3 is 9.08 Å². The molecule has 0 aromatic heterocycles. The smallest absolute Gasteiger partial charge is 0.376 e. The third-order valence-electron chi connectivity index (χ3n) is 5.57. The average Bonchev–Trinajstić information content (AvgIpc) is 2.84. The second-order valence-corrected chi connectivity index (χ2v) is 9.38. The van der Waals surface area contributed by atoms with Crippen LogP contribution in [0.1, 0.15) is 0 Å². The zero-order valence-corrected chi connectivity index (χ0v) is 18.9. The maximum Gasteiger partial charge on any atom is 0.534 e. The maximum atomic E-state index is 12.7. The van der Waals surface area contributed by atoms with Crippen molar-refractivity contribution in [1.82, 2.24) is 0 Å². The van der Waals surface area contributed by atoms with Crippen LogP contribution in [0.25, 0.3) is 21.5 Å². The molecule has 4 nitrogen and oxygen atoms in total. The summed E-state index contributed by atoms with van der Waals surface area (Å²) >= 11 is 0. The Kier molecular flexibility index (Phi) is 5.61. The van der Waals surface area contributed by atoms with E-state index in [2.05, 4.69) is 9.08 Å². The van der Waals surface area contributed by atoms with Crippen LogP contribution in [0.3, 0.4) is 0 Å². The summed E-state index contributed by atoms with van der Waals surface area (Å²) in [5.74, 6) is -0.398. The Hall–Kier alpha value is -4.04. The van der Waals surface area contributed by atoms with Gasteiger partial charge in [-0.15, -0.1) is 0 Å². The largest absolute Gasteiger partial charge is 0.534 e. The van der Waals surface area contributed by atoms with Gasteiger partial charge in [-0.3, -0.25) is 0 Å². The molecule has 0 unspecified atom stereocenters. The predicted molar refractivity (Wildman–Crippen MR) is 132 cm³/mol. The number of para-hydroxylation sites is 2. The van der Waals surface area contributed by atoms with Crippen LogP contribution in [0.2, 0.25) is 0 Å². The van der Waals surface area contributed by atoms with Gasteiger partial charge in [0.15, 0.2) is 0 Å². The number of hydrogen-bond acceptors (Lipinski definition) is 4. The lowest BCUT2D eigenvalue weighted by atomic mass is 10.0. The molecule has 0 aliphatic rings. The standard InChI is InChI=1S/C27H18F3NO3S/c28-27(29,30)35(32,33)34-24-14-16-26-20(18-24)12-11-19-17-23(13-15-25(19)26)31(21-7-3-1-4-8-21)22-9-5-2-6-10-22/h1-18H. The minimum Gasteiger partial charge on any atom is -0.376 e. The first-order valence-corrected chi connectivity index (χ1v) is 12.0. The lowest BCUT2D eigenvalue weighted by molar-refractivity contribution is -0.0500. The van der Waals surface area contributed by atoms with Crippen LogP contribution in [-0.4, -0.2) is 13.9 Å². The molecule has 0 aliphatic heterocycles. The van der Waals surface area contributed by atoms with E-state index in [1.807, 2.05) is 84.9 Å². The Labute approximate surface area is 199 Å². The van der Waals surface area contributed by atoms with Gasteiger partial charge in [-0.2, -0.15) is 21.6 Å². The zero-order valence-electron chi connectivity index (χ0n) is 18.1. The van der Waals surface area contributed by atoms with Gasteiger partial charge in [-0.25, -0.2) is 0 Å². The normalized spacial score (nSPS) is 12.1. The fourth-order valence-electron chi connectivity index (χ4n) is 4.00.